The van der Waals surface area contributed by atoms with Crippen LogP contribution in [0.4, 0.5) is 14.5 Å². The minimum Gasteiger partial charge on any atom is -0.481 e. The summed E-state index contributed by atoms with van der Waals surface area (Å²) in [4.78, 5) is 31.4. The van der Waals surface area contributed by atoms with Gasteiger partial charge in [0.1, 0.15) is 11.6 Å². The minimum absolute atomic E-state index is 0.00967. The number of benzene rings is 3. The fraction of sp³-hybridized carbons (Fsp3) is 0.349. The first-order valence-corrected chi connectivity index (χ1v) is 18.7. The lowest BCUT2D eigenvalue weighted by Crippen LogP contribution is -2.56. The molecule has 0 radical (unpaired) electrons. The fourth-order valence-corrected chi connectivity index (χ4v) is 8.21. The van der Waals surface area contributed by atoms with Crippen LogP contribution in [0.5, 0.6) is 0 Å². The number of aromatic nitrogens is 2. The molecule has 1 saturated carbocycles. The van der Waals surface area contributed by atoms with E-state index in [9.17, 15) is 23.5 Å². The van der Waals surface area contributed by atoms with Gasteiger partial charge in [0.25, 0.3) is 5.91 Å². The lowest BCUT2D eigenvalue weighted by Gasteiger charge is -2.42. The Morgan fingerprint density at radius 1 is 0.944 bits per heavy atom. The summed E-state index contributed by atoms with van der Waals surface area (Å²) in [5.74, 6) is -3.61. The molecular formula is C43H45F2N5O4. The average Bonchev–Trinajstić information content (AvgIpc) is 3.82. The van der Waals surface area contributed by atoms with E-state index >= 15 is 0 Å². The van der Waals surface area contributed by atoms with E-state index in [2.05, 4.69) is 75.8 Å². The Balaban J connectivity index is 0.000000174. The van der Waals surface area contributed by atoms with Crippen LogP contribution in [-0.2, 0) is 11.2 Å². The van der Waals surface area contributed by atoms with Gasteiger partial charge in [-0.1, -0.05) is 73.8 Å². The molecule has 5 aromatic rings. The molecule has 0 spiro atoms. The van der Waals surface area contributed by atoms with Gasteiger partial charge in [0, 0.05) is 66.7 Å². The van der Waals surface area contributed by atoms with E-state index in [0.717, 1.165) is 55.0 Å². The highest BCUT2D eigenvalue weighted by Gasteiger charge is 2.38. The maximum Gasteiger partial charge on any atom is 0.309 e. The Labute approximate surface area is 313 Å². The van der Waals surface area contributed by atoms with Crippen LogP contribution in [0.2, 0.25) is 0 Å². The highest BCUT2D eigenvalue weighted by molar-refractivity contribution is 5.93. The molecule has 3 heterocycles. The Morgan fingerprint density at radius 2 is 1.72 bits per heavy atom. The third kappa shape index (κ3) is 7.77. The van der Waals surface area contributed by atoms with Crippen molar-refractivity contribution in [3.63, 3.8) is 0 Å². The Hall–Kier alpha value is -5.42. The molecule has 54 heavy (non-hydrogen) atoms. The van der Waals surface area contributed by atoms with E-state index in [0.29, 0.717) is 19.0 Å². The molecule has 8 rings (SSSR count). The molecular weight excluding hydrogens is 689 g/mol. The number of nitrogens with two attached hydrogens (primary N) is 1. The number of amides is 1. The molecule has 11 heteroatoms. The molecule has 2 aliphatic carbocycles. The molecule has 3 aromatic carbocycles. The zero-order valence-electron chi connectivity index (χ0n) is 30.5. The molecule has 9 nitrogen and oxygen atoms in total. The van der Waals surface area contributed by atoms with E-state index in [1.807, 2.05) is 13.0 Å². The standard InChI is InChI=1S/C22H25F2N3O4.C21H20N2/c23-13-6-7-15(17(24)10-13)20-11-19(26-31-20)21(28)25-18-8-9-27(12-16(18)22(29)30)14-4-2-1-3-5-14;1-13-6-5-9-20(23-13)14(2)16-10-11-18-17-8-4-3-7-15(17)12-19(18)21(16)22/h6-7,10-11,14,16,18H,1-5,8-9,12H2,(H,25,28)(H,29,30);3-11,14H,12,22H2,1-2H3/t16-,18-;14-/m10/s1. The predicted octanol–water partition coefficient (Wildman–Crippen LogP) is 8.15. The second-order valence-electron chi connectivity index (χ2n) is 14.7. The van der Waals surface area contributed by atoms with Crippen LogP contribution >= 0.6 is 0 Å². The zero-order valence-corrected chi connectivity index (χ0v) is 30.5. The molecule has 1 aliphatic heterocycles. The van der Waals surface area contributed by atoms with Crippen molar-refractivity contribution in [2.45, 2.75) is 76.8 Å². The number of nitrogens with one attached hydrogen (secondary N) is 1. The lowest BCUT2D eigenvalue weighted by molar-refractivity contribution is -0.145. The highest BCUT2D eigenvalue weighted by Crippen LogP contribution is 2.42. The minimum atomic E-state index is -0.944. The molecule has 1 amide bonds. The summed E-state index contributed by atoms with van der Waals surface area (Å²) >= 11 is 0. The van der Waals surface area contributed by atoms with Crippen LogP contribution in [0.15, 0.2) is 83.4 Å². The van der Waals surface area contributed by atoms with Gasteiger partial charge in [0.2, 0.25) is 0 Å². The molecule has 0 bridgehead atoms. The van der Waals surface area contributed by atoms with Gasteiger partial charge < -0.3 is 20.7 Å². The van der Waals surface area contributed by atoms with Gasteiger partial charge in [-0.2, -0.15) is 0 Å². The second-order valence-corrected chi connectivity index (χ2v) is 14.7. The van der Waals surface area contributed by atoms with Crippen LogP contribution in [0.25, 0.3) is 22.5 Å². The summed E-state index contributed by atoms with van der Waals surface area (Å²) in [5, 5.41) is 16.2. The van der Waals surface area contributed by atoms with Gasteiger partial charge >= 0.3 is 5.97 Å². The van der Waals surface area contributed by atoms with Crippen molar-refractivity contribution in [3.05, 3.63) is 124 Å². The van der Waals surface area contributed by atoms with Crippen LogP contribution in [-0.4, -0.2) is 57.2 Å². The SMILES string of the molecule is Cc1cccc([C@@H](C)c2ccc3c(c2N)Cc2ccccc2-3)n1.O=C(N[C@@H]1CCN(C2CCCCC2)C[C@H]1C(=O)O)c1cc(-c2ccc(F)cc2F)on1. The number of anilines is 1. The smallest absolute Gasteiger partial charge is 0.309 e. The Bertz CT molecular complexity index is 2160. The molecule has 2 fully saturated rings. The third-order valence-corrected chi connectivity index (χ3v) is 11.2. The van der Waals surface area contributed by atoms with Crippen LogP contribution < -0.4 is 11.1 Å². The zero-order chi connectivity index (χ0) is 37.9. The summed E-state index contributed by atoms with van der Waals surface area (Å²) in [5.41, 5.74) is 15.9. The van der Waals surface area contributed by atoms with Gasteiger partial charge in [-0.3, -0.25) is 19.5 Å². The van der Waals surface area contributed by atoms with Crippen molar-refractivity contribution in [2.24, 2.45) is 5.92 Å². The third-order valence-electron chi connectivity index (χ3n) is 11.2. The number of carbonyl (C=O) groups is 2. The first-order chi connectivity index (χ1) is 26.1. The average molecular weight is 734 g/mol. The maximum atomic E-state index is 14.0. The number of halogens is 2. The summed E-state index contributed by atoms with van der Waals surface area (Å²) in [6.45, 7) is 5.33. The van der Waals surface area contributed by atoms with Crippen molar-refractivity contribution in [1.29, 1.82) is 0 Å². The van der Waals surface area contributed by atoms with Crippen molar-refractivity contribution in [3.8, 4) is 22.5 Å². The van der Waals surface area contributed by atoms with Gasteiger partial charge in [0.15, 0.2) is 11.5 Å². The van der Waals surface area contributed by atoms with E-state index in [1.54, 1.807) is 0 Å². The largest absolute Gasteiger partial charge is 0.481 e. The van der Waals surface area contributed by atoms with Gasteiger partial charge in [-0.25, -0.2) is 8.78 Å². The number of carboxylic acid groups (broad SMARTS) is 1. The quantitative estimate of drug-likeness (QED) is 0.140. The van der Waals surface area contributed by atoms with Crippen molar-refractivity contribution in [1.82, 2.24) is 20.4 Å². The first-order valence-electron chi connectivity index (χ1n) is 18.7. The summed E-state index contributed by atoms with van der Waals surface area (Å²) in [6.07, 6.45) is 7.20. The summed E-state index contributed by atoms with van der Waals surface area (Å²) < 4.78 is 32.1. The van der Waals surface area contributed by atoms with E-state index in [4.69, 9.17) is 10.3 Å². The number of likely N-dealkylation sites (tertiary alicyclic amines) is 1. The van der Waals surface area contributed by atoms with E-state index in [1.165, 1.54) is 59.2 Å². The summed E-state index contributed by atoms with van der Waals surface area (Å²) in [6, 6.07) is 23.3. The van der Waals surface area contributed by atoms with Crippen LogP contribution in [0, 0.1) is 24.5 Å². The molecule has 0 unspecified atom stereocenters. The molecule has 4 N–H and O–H groups in total. The number of nitrogen functional groups attached to an aromatic ring is 1. The number of aryl methyl sites for hydroxylation is 1. The normalized spacial score (nSPS) is 18.9. The van der Waals surface area contributed by atoms with Crippen molar-refractivity contribution < 1.29 is 28.0 Å². The maximum absolute atomic E-state index is 14.0. The number of fused-ring (bicyclic) bond motifs is 3. The fourth-order valence-electron chi connectivity index (χ4n) is 8.21. The van der Waals surface area contributed by atoms with Crippen molar-refractivity contribution >= 4 is 17.6 Å². The first kappa shape index (κ1) is 36.9. The predicted molar refractivity (Wildman–Crippen MR) is 203 cm³/mol. The van der Waals surface area contributed by atoms with Gasteiger partial charge in [-0.15, -0.1) is 0 Å². The number of carboxylic acids is 1. The number of aliphatic carboxylic acids is 1. The van der Waals surface area contributed by atoms with E-state index in [-0.39, 0.29) is 22.9 Å². The number of hydrogen-bond acceptors (Lipinski definition) is 7. The molecule has 3 atom stereocenters. The number of hydrogen-bond donors (Lipinski definition) is 3. The molecule has 1 saturated heterocycles. The summed E-state index contributed by atoms with van der Waals surface area (Å²) in [7, 11) is 0. The molecule has 3 aliphatic rings. The Morgan fingerprint density at radius 3 is 2.48 bits per heavy atom. The monoisotopic (exact) mass is 733 g/mol. The Kier molecular flexibility index (Phi) is 10.9. The second kappa shape index (κ2) is 15.9. The molecule has 280 valence electrons. The number of carbonyl (C=O) groups excluding carboxylic acids is 1. The number of pyridine rings is 1. The van der Waals surface area contributed by atoms with Gasteiger partial charge in [-0.05, 0) is 78.3 Å². The van der Waals surface area contributed by atoms with Crippen molar-refractivity contribution in [2.75, 3.05) is 18.8 Å². The van der Waals surface area contributed by atoms with E-state index < -0.39 is 35.5 Å². The number of rotatable bonds is 7. The highest BCUT2D eigenvalue weighted by atomic mass is 19.1. The molecule has 2 aromatic heterocycles. The van der Waals surface area contributed by atoms with Crippen LogP contribution in [0.3, 0.4) is 0 Å². The topological polar surface area (TPSA) is 135 Å². The number of piperidine rings is 1. The number of nitrogens with zero attached hydrogens (tertiary/aromatic N) is 3. The lowest BCUT2D eigenvalue weighted by atomic mass is 9.87. The van der Waals surface area contributed by atoms with Crippen LogP contribution in [0.1, 0.15) is 89.9 Å². The van der Waals surface area contributed by atoms with Gasteiger partial charge in [0.05, 0.1) is 11.5 Å².